The van der Waals surface area contributed by atoms with Gasteiger partial charge in [-0.2, -0.15) is 11.8 Å². The van der Waals surface area contributed by atoms with Crippen molar-refractivity contribution in [2.45, 2.75) is 38.6 Å². The zero-order valence-corrected chi connectivity index (χ0v) is 12.2. The van der Waals surface area contributed by atoms with Gasteiger partial charge in [-0.25, -0.2) is 0 Å². The zero-order valence-electron chi connectivity index (χ0n) is 11.4. The Labute approximate surface area is 115 Å². The number of thioether (sulfide) groups is 1. The van der Waals surface area contributed by atoms with Gasteiger partial charge >= 0.3 is 5.97 Å². The Morgan fingerprint density at radius 1 is 1.39 bits per heavy atom. The van der Waals surface area contributed by atoms with Crippen LogP contribution in [-0.2, 0) is 9.53 Å². The lowest BCUT2D eigenvalue weighted by atomic mass is 10.2. The summed E-state index contributed by atoms with van der Waals surface area (Å²) in [6.07, 6.45) is 4.68. The lowest BCUT2D eigenvalue weighted by molar-refractivity contribution is -0.144. The lowest BCUT2D eigenvalue weighted by Gasteiger charge is -2.14. The molecule has 0 aromatic heterocycles. The summed E-state index contributed by atoms with van der Waals surface area (Å²) in [6, 6.07) is -0.448. The number of carbonyl (C=O) groups excluding carboxylic acids is 1. The fourth-order valence-corrected chi connectivity index (χ4v) is 3.03. The van der Waals surface area contributed by atoms with Crippen LogP contribution >= 0.6 is 11.8 Å². The second kappa shape index (κ2) is 9.64. The molecule has 0 aromatic rings. The van der Waals surface area contributed by atoms with Crippen LogP contribution in [0.25, 0.3) is 0 Å². The van der Waals surface area contributed by atoms with Crippen LogP contribution in [0.15, 0.2) is 0 Å². The van der Waals surface area contributed by atoms with Crippen molar-refractivity contribution in [2.75, 3.05) is 37.7 Å². The third-order valence-electron chi connectivity index (χ3n) is 3.12. The van der Waals surface area contributed by atoms with Crippen molar-refractivity contribution in [2.24, 2.45) is 5.73 Å². The highest BCUT2D eigenvalue weighted by Crippen LogP contribution is 2.11. The number of likely N-dealkylation sites (tertiary alicyclic amines) is 1. The third-order valence-corrected chi connectivity index (χ3v) is 4.23. The molecule has 18 heavy (non-hydrogen) atoms. The first-order valence-corrected chi connectivity index (χ1v) is 8.12. The van der Waals surface area contributed by atoms with E-state index in [2.05, 4.69) is 4.90 Å². The Balaban J connectivity index is 1.89. The van der Waals surface area contributed by atoms with Crippen molar-refractivity contribution in [3.05, 3.63) is 0 Å². The normalized spacial score (nSPS) is 17.9. The van der Waals surface area contributed by atoms with Crippen molar-refractivity contribution < 1.29 is 9.53 Å². The number of ether oxygens (including phenoxy) is 1. The van der Waals surface area contributed by atoms with Crippen LogP contribution in [0.4, 0.5) is 0 Å². The fourth-order valence-electron chi connectivity index (χ4n) is 2.08. The average molecular weight is 274 g/mol. The van der Waals surface area contributed by atoms with Crippen LogP contribution < -0.4 is 5.73 Å². The van der Waals surface area contributed by atoms with E-state index in [1.165, 1.54) is 38.9 Å². The molecule has 1 atom stereocenters. The summed E-state index contributed by atoms with van der Waals surface area (Å²) in [5.74, 6) is 1.83. The van der Waals surface area contributed by atoms with E-state index in [1.54, 1.807) is 6.92 Å². The molecule has 0 radical (unpaired) electrons. The van der Waals surface area contributed by atoms with E-state index in [0.29, 0.717) is 13.0 Å². The van der Waals surface area contributed by atoms with Gasteiger partial charge in [-0.3, -0.25) is 4.79 Å². The van der Waals surface area contributed by atoms with Gasteiger partial charge in [0.25, 0.3) is 0 Å². The largest absolute Gasteiger partial charge is 0.465 e. The van der Waals surface area contributed by atoms with E-state index >= 15 is 0 Å². The monoisotopic (exact) mass is 274 g/mol. The van der Waals surface area contributed by atoms with Gasteiger partial charge in [0.2, 0.25) is 0 Å². The van der Waals surface area contributed by atoms with Crippen molar-refractivity contribution in [1.82, 2.24) is 4.90 Å². The molecule has 1 aliphatic heterocycles. The minimum Gasteiger partial charge on any atom is -0.465 e. The Morgan fingerprint density at radius 2 is 2.11 bits per heavy atom. The first-order valence-electron chi connectivity index (χ1n) is 6.96. The molecular formula is C13H26N2O2S. The summed E-state index contributed by atoms with van der Waals surface area (Å²) < 4.78 is 4.87. The molecule has 1 heterocycles. The second-order valence-electron chi connectivity index (χ2n) is 4.66. The Kier molecular flexibility index (Phi) is 8.46. The summed E-state index contributed by atoms with van der Waals surface area (Å²) in [5.41, 5.74) is 5.72. The SMILES string of the molecule is CCOC(=O)C(N)CCSCCCN1CCCC1. The molecule has 0 amide bonds. The standard InChI is InChI=1S/C13H26N2O2S/c1-2-17-13(16)12(14)6-11-18-10-5-9-15-7-3-4-8-15/h12H,2-11,14H2,1H3. The van der Waals surface area contributed by atoms with Gasteiger partial charge in [-0.05, 0) is 63.7 Å². The van der Waals surface area contributed by atoms with E-state index in [0.717, 1.165) is 11.5 Å². The smallest absolute Gasteiger partial charge is 0.322 e. The minimum atomic E-state index is -0.448. The number of hydrogen-bond acceptors (Lipinski definition) is 5. The van der Waals surface area contributed by atoms with Gasteiger partial charge in [0.05, 0.1) is 6.61 Å². The molecule has 1 fully saturated rings. The first-order chi connectivity index (χ1) is 8.74. The van der Waals surface area contributed by atoms with Crippen molar-refractivity contribution >= 4 is 17.7 Å². The Bertz CT molecular complexity index is 233. The lowest BCUT2D eigenvalue weighted by Crippen LogP contribution is -2.32. The zero-order chi connectivity index (χ0) is 13.2. The van der Waals surface area contributed by atoms with Gasteiger partial charge in [-0.15, -0.1) is 0 Å². The van der Waals surface area contributed by atoms with Crippen molar-refractivity contribution in [3.63, 3.8) is 0 Å². The van der Waals surface area contributed by atoms with Crippen LogP contribution in [0.1, 0.15) is 32.6 Å². The molecule has 0 aliphatic carbocycles. The molecule has 0 saturated carbocycles. The van der Waals surface area contributed by atoms with E-state index < -0.39 is 6.04 Å². The number of nitrogens with two attached hydrogens (primary N) is 1. The highest BCUT2D eigenvalue weighted by molar-refractivity contribution is 7.99. The van der Waals surface area contributed by atoms with Crippen LogP contribution in [0.3, 0.4) is 0 Å². The maximum Gasteiger partial charge on any atom is 0.322 e. The number of esters is 1. The summed E-state index contributed by atoms with van der Waals surface area (Å²) in [7, 11) is 0. The van der Waals surface area contributed by atoms with Crippen LogP contribution in [0, 0.1) is 0 Å². The Morgan fingerprint density at radius 3 is 2.78 bits per heavy atom. The highest BCUT2D eigenvalue weighted by Gasteiger charge is 2.14. The summed E-state index contributed by atoms with van der Waals surface area (Å²) >= 11 is 1.89. The van der Waals surface area contributed by atoms with E-state index in [-0.39, 0.29) is 5.97 Å². The minimum absolute atomic E-state index is 0.268. The van der Waals surface area contributed by atoms with Gasteiger partial charge in [0, 0.05) is 0 Å². The van der Waals surface area contributed by atoms with Crippen molar-refractivity contribution in [1.29, 1.82) is 0 Å². The molecule has 5 heteroatoms. The molecule has 4 nitrogen and oxygen atoms in total. The topological polar surface area (TPSA) is 55.6 Å². The summed E-state index contributed by atoms with van der Waals surface area (Å²) in [6.45, 7) is 5.99. The first kappa shape index (κ1) is 15.8. The quantitative estimate of drug-likeness (QED) is 0.510. The molecule has 2 N–H and O–H groups in total. The molecule has 106 valence electrons. The van der Waals surface area contributed by atoms with E-state index in [1.807, 2.05) is 11.8 Å². The summed E-state index contributed by atoms with van der Waals surface area (Å²) in [4.78, 5) is 13.8. The van der Waals surface area contributed by atoms with Crippen LogP contribution in [-0.4, -0.2) is 54.7 Å². The van der Waals surface area contributed by atoms with Crippen LogP contribution in [0.5, 0.6) is 0 Å². The average Bonchev–Trinajstić information content (AvgIpc) is 2.86. The molecule has 1 unspecified atom stereocenters. The molecule has 0 aromatic carbocycles. The van der Waals surface area contributed by atoms with Gasteiger partial charge < -0.3 is 15.4 Å². The predicted octanol–water partition coefficient (Wildman–Crippen LogP) is 1.49. The molecule has 0 spiro atoms. The number of rotatable bonds is 9. The maximum absolute atomic E-state index is 11.3. The third kappa shape index (κ3) is 6.61. The van der Waals surface area contributed by atoms with Gasteiger partial charge in [-0.1, -0.05) is 0 Å². The maximum atomic E-state index is 11.3. The van der Waals surface area contributed by atoms with Crippen molar-refractivity contribution in [3.8, 4) is 0 Å². The number of nitrogens with zero attached hydrogens (tertiary/aromatic N) is 1. The van der Waals surface area contributed by atoms with Gasteiger partial charge in [0.15, 0.2) is 0 Å². The van der Waals surface area contributed by atoms with E-state index in [4.69, 9.17) is 10.5 Å². The highest BCUT2D eigenvalue weighted by atomic mass is 32.2. The fraction of sp³-hybridized carbons (Fsp3) is 0.923. The molecule has 0 bridgehead atoms. The number of carbonyl (C=O) groups is 1. The molecule has 1 rings (SSSR count). The van der Waals surface area contributed by atoms with Gasteiger partial charge in [0.1, 0.15) is 6.04 Å². The Hall–Kier alpha value is -0.260. The molecule has 1 saturated heterocycles. The van der Waals surface area contributed by atoms with E-state index in [9.17, 15) is 4.79 Å². The second-order valence-corrected chi connectivity index (χ2v) is 5.89. The molecule has 1 aliphatic rings. The molecular weight excluding hydrogens is 248 g/mol. The van der Waals surface area contributed by atoms with Crippen LogP contribution in [0.2, 0.25) is 0 Å². The number of hydrogen-bond donors (Lipinski definition) is 1. The summed E-state index contributed by atoms with van der Waals surface area (Å²) in [5, 5.41) is 0. The predicted molar refractivity (Wildman–Crippen MR) is 76.8 cm³/mol.